The summed E-state index contributed by atoms with van der Waals surface area (Å²) in [4.78, 5) is 4.17. The van der Waals surface area contributed by atoms with Crippen LogP contribution in [0.2, 0.25) is 0 Å². The predicted octanol–water partition coefficient (Wildman–Crippen LogP) is 3.11. The predicted molar refractivity (Wildman–Crippen MR) is 93.4 cm³/mol. The summed E-state index contributed by atoms with van der Waals surface area (Å²) in [6.45, 7) is 0. The summed E-state index contributed by atoms with van der Waals surface area (Å²) < 4.78 is 42.6. The zero-order valence-electron chi connectivity index (χ0n) is 12.9. The molecular formula is C16H14FN3O3S2. The Morgan fingerprint density at radius 3 is 2.56 bits per heavy atom. The Bertz CT molecular complexity index is 946. The summed E-state index contributed by atoms with van der Waals surface area (Å²) in [5.74, 6) is 0.171. The van der Waals surface area contributed by atoms with Gasteiger partial charge in [0.15, 0.2) is 5.82 Å². The van der Waals surface area contributed by atoms with Crippen LogP contribution in [0.5, 0.6) is 5.75 Å². The van der Waals surface area contributed by atoms with Crippen molar-refractivity contribution < 1.29 is 17.0 Å². The second-order valence-electron chi connectivity index (χ2n) is 4.95. The molecule has 0 radical (unpaired) electrons. The van der Waals surface area contributed by atoms with Gasteiger partial charge in [0.2, 0.25) is 5.16 Å². The second-order valence-corrected chi connectivity index (χ2v) is 7.71. The lowest BCUT2D eigenvalue weighted by Crippen LogP contribution is -2.15. The topological polar surface area (TPSA) is 84.9 Å². The van der Waals surface area contributed by atoms with Crippen molar-refractivity contribution in [2.75, 3.05) is 11.5 Å². The van der Waals surface area contributed by atoms with Gasteiger partial charge < -0.3 is 4.18 Å². The molecule has 2 aromatic carbocycles. The summed E-state index contributed by atoms with van der Waals surface area (Å²) in [5, 5.41) is 6.95. The molecular weight excluding hydrogens is 365 g/mol. The SMILES string of the molecule is O=S(=O)(CCSc1n[nH]c(-c2ccccc2F)n1)Oc1ccccc1. The molecule has 0 aliphatic rings. The Hall–Kier alpha value is -2.39. The van der Waals surface area contributed by atoms with Gasteiger partial charge in [-0.1, -0.05) is 42.1 Å². The van der Waals surface area contributed by atoms with Gasteiger partial charge in [-0.3, -0.25) is 5.10 Å². The van der Waals surface area contributed by atoms with E-state index in [0.717, 1.165) is 11.8 Å². The van der Waals surface area contributed by atoms with Crippen molar-refractivity contribution in [1.29, 1.82) is 0 Å². The minimum Gasteiger partial charge on any atom is -0.382 e. The van der Waals surface area contributed by atoms with E-state index < -0.39 is 15.9 Å². The van der Waals surface area contributed by atoms with Crippen LogP contribution in [0.25, 0.3) is 11.4 Å². The van der Waals surface area contributed by atoms with Gasteiger partial charge >= 0.3 is 10.1 Å². The fourth-order valence-electron chi connectivity index (χ4n) is 1.98. The van der Waals surface area contributed by atoms with Crippen LogP contribution in [-0.2, 0) is 10.1 Å². The summed E-state index contributed by atoms with van der Waals surface area (Å²) >= 11 is 1.14. The minimum atomic E-state index is -3.70. The highest BCUT2D eigenvalue weighted by Crippen LogP contribution is 2.22. The number of hydrogen-bond acceptors (Lipinski definition) is 6. The monoisotopic (exact) mass is 379 g/mol. The maximum Gasteiger partial charge on any atom is 0.310 e. The van der Waals surface area contributed by atoms with Gasteiger partial charge in [-0.2, -0.15) is 8.42 Å². The summed E-state index contributed by atoms with van der Waals surface area (Å²) in [6.07, 6.45) is 0. The average molecular weight is 379 g/mol. The van der Waals surface area contributed by atoms with E-state index in [2.05, 4.69) is 15.2 Å². The van der Waals surface area contributed by atoms with E-state index in [4.69, 9.17) is 4.18 Å². The first-order valence-corrected chi connectivity index (χ1v) is 9.87. The van der Waals surface area contributed by atoms with Crippen LogP contribution in [0.3, 0.4) is 0 Å². The zero-order chi connectivity index (χ0) is 17.7. The van der Waals surface area contributed by atoms with Gasteiger partial charge in [-0.25, -0.2) is 9.37 Å². The maximum atomic E-state index is 13.7. The molecule has 1 N–H and O–H groups in total. The molecule has 3 aromatic rings. The number of H-pyrrole nitrogens is 1. The third-order valence-corrected chi connectivity index (χ3v) is 5.38. The normalized spacial score (nSPS) is 11.4. The van der Waals surface area contributed by atoms with Crippen molar-refractivity contribution in [3.8, 4) is 17.1 Å². The number of para-hydroxylation sites is 1. The first-order chi connectivity index (χ1) is 12.0. The van der Waals surface area contributed by atoms with Crippen molar-refractivity contribution >= 4 is 21.9 Å². The number of nitrogens with one attached hydrogen (secondary N) is 1. The Morgan fingerprint density at radius 2 is 1.80 bits per heavy atom. The van der Waals surface area contributed by atoms with E-state index in [1.807, 2.05) is 0 Å². The van der Waals surface area contributed by atoms with Gasteiger partial charge in [0.25, 0.3) is 0 Å². The standard InChI is InChI=1S/C16H14FN3O3S2/c17-14-9-5-4-8-13(14)15-18-16(20-19-15)24-10-11-25(21,22)23-12-6-2-1-3-7-12/h1-9H,10-11H2,(H,18,19,20). The molecule has 0 bridgehead atoms. The van der Waals surface area contributed by atoms with Crippen LogP contribution in [0, 0.1) is 5.82 Å². The number of nitrogens with zero attached hydrogens (tertiary/aromatic N) is 2. The van der Waals surface area contributed by atoms with Crippen molar-refractivity contribution in [2.24, 2.45) is 0 Å². The highest BCUT2D eigenvalue weighted by molar-refractivity contribution is 8.00. The Balaban J connectivity index is 1.57. The van der Waals surface area contributed by atoms with E-state index in [1.165, 1.54) is 6.07 Å². The molecule has 0 saturated heterocycles. The molecule has 9 heteroatoms. The largest absolute Gasteiger partial charge is 0.382 e. The van der Waals surface area contributed by atoms with Crippen molar-refractivity contribution in [2.45, 2.75) is 5.16 Å². The van der Waals surface area contributed by atoms with Crippen LogP contribution < -0.4 is 4.18 Å². The lowest BCUT2D eigenvalue weighted by atomic mass is 10.2. The highest BCUT2D eigenvalue weighted by Gasteiger charge is 2.15. The number of aromatic amines is 1. The Kier molecular flexibility index (Phi) is 5.34. The van der Waals surface area contributed by atoms with Gasteiger partial charge in [0.1, 0.15) is 11.6 Å². The quantitative estimate of drug-likeness (QED) is 0.502. The van der Waals surface area contributed by atoms with Crippen LogP contribution in [0.4, 0.5) is 4.39 Å². The highest BCUT2D eigenvalue weighted by atomic mass is 32.2. The van der Waals surface area contributed by atoms with Crippen LogP contribution in [-0.4, -0.2) is 35.1 Å². The van der Waals surface area contributed by atoms with Crippen LogP contribution >= 0.6 is 11.8 Å². The molecule has 0 fully saturated rings. The van der Waals surface area contributed by atoms with Crippen molar-refractivity contribution in [3.05, 3.63) is 60.4 Å². The number of aromatic nitrogens is 3. The molecule has 0 amide bonds. The Morgan fingerprint density at radius 1 is 1.08 bits per heavy atom. The third-order valence-electron chi connectivity index (χ3n) is 3.12. The first kappa shape index (κ1) is 17.4. The smallest absolute Gasteiger partial charge is 0.310 e. The number of rotatable bonds is 7. The molecule has 0 atom stereocenters. The Labute approximate surface area is 148 Å². The molecule has 1 aromatic heterocycles. The molecule has 1 heterocycles. The molecule has 0 spiro atoms. The average Bonchev–Trinajstić information content (AvgIpc) is 3.04. The summed E-state index contributed by atoms with van der Waals surface area (Å²) in [5.41, 5.74) is 0.307. The van der Waals surface area contributed by atoms with E-state index in [0.29, 0.717) is 16.5 Å². The summed E-state index contributed by atoms with van der Waals surface area (Å²) in [7, 11) is -3.70. The molecule has 0 aliphatic heterocycles. The lowest BCUT2D eigenvalue weighted by molar-refractivity contribution is 0.488. The third kappa shape index (κ3) is 4.80. The summed E-state index contributed by atoms with van der Waals surface area (Å²) in [6, 6.07) is 14.5. The number of hydrogen-bond donors (Lipinski definition) is 1. The molecule has 130 valence electrons. The molecule has 3 rings (SSSR count). The first-order valence-electron chi connectivity index (χ1n) is 7.31. The van der Waals surface area contributed by atoms with Gasteiger partial charge in [-0.05, 0) is 24.3 Å². The van der Waals surface area contributed by atoms with Gasteiger partial charge in [0.05, 0.1) is 11.3 Å². The number of benzene rings is 2. The van der Waals surface area contributed by atoms with Crippen molar-refractivity contribution in [1.82, 2.24) is 15.2 Å². The van der Waals surface area contributed by atoms with Gasteiger partial charge in [-0.15, -0.1) is 5.10 Å². The fourth-order valence-corrected chi connectivity index (χ4v) is 4.07. The maximum absolute atomic E-state index is 13.7. The van der Waals surface area contributed by atoms with Crippen LogP contribution in [0.15, 0.2) is 59.8 Å². The lowest BCUT2D eigenvalue weighted by Gasteiger charge is -2.05. The number of thioether (sulfide) groups is 1. The van der Waals surface area contributed by atoms with E-state index in [9.17, 15) is 12.8 Å². The number of halogens is 1. The van der Waals surface area contributed by atoms with Crippen LogP contribution in [0.1, 0.15) is 0 Å². The van der Waals surface area contributed by atoms with E-state index in [1.54, 1.807) is 48.5 Å². The van der Waals surface area contributed by atoms with Crippen molar-refractivity contribution in [3.63, 3.8) is 0 Å². The van der Waals surface area contributed by atoms with Gasteiger partial charge in [0, 0.05) is 5.75 Å². The minimum absolute atomic E-state index is 0.198. The fraction of sp³-hybridized carbons (Fsp3) is 0.125. The molecule has 25 heavy (non-hydrogen) atoms. The zero-order valence-corrected chi connectivity index (χ0v) is 14.6. The van der Waals surface area contributed by atoms with E-state index >= 15 is 0 Å². The molecule has 0 saturated carbocycles. The van der Waals surface area contributed by atoms with E-state index in [-0.39, 0.29) is 17.3 Å². The molecule has 0 aliphatic carbocycles. The second kappa shape index (κ2) is 7.66. The molecule has 0 unspecified atom stereocenters. The molecule has 6 nitrogen and oxygen atoms in total.